The molecule has 3 aromatic rings. The normalized spacial score (nSPS) is 18.0. The fourth-order valence-corrected chi connectivity index (χ4v) is 4.21. The van der Waals surface area contributed by atoms with Crippen LogP contribution in [0.1, 0.15) is 43.4 Å². The van der Waals surface area contributed by atoms with E-state index in [1.165, 1.54) is 4.90 Å². The third-order valence-electron chi connectivity index (χ3n) is 6.12. The molecular weight excluding hydrogens is 456 g/mol. The van der Waals surface area contributed by atoms with Crippen molar-refractivity contribution in [3.05, 3.63) is 53.7 Å². The SMILES string of the molecule is C[C@H]1CCc2c(ccc(-c3cnn(C4CC4)c3)c2Oc2ncc(C(F)(F)F)cc2F)N1C(=O)O. The standard InChI is InChI=1S/C23H20F4N4O3/c1-12-2-5-17-19(31(12)22(32)33)7-6-16(13-9-29-30(11-13)15-3-4-15)20(17)34-21-18(24)8-14(10-28-21)23(25,26)27/h6-12,15H,2-5H2,1H3,(H,32,33)/t12-/m0/s1. The number of halogens is 4. The zero-order chi connectivity index (χ0) is 24.2. The summed E-state index contributed by atoms with van der Waals surface area (Å²) >= 11 is 0. The Bertz CT molecular complexity index is 1270. The van der Waals surface area contributed by atoms with Crippen LogP contribution in [-0.2, 0) is 12.6 Å². The molecule has 0 unspecified atom stereocenters. The van der Waals surface area contributed by atoms with Gasteiger partial charge in [-0.05, 0) is 50.8 Å². The average Bonchev–Trinajstić information content (AvgIpc) is 3.51. The van der Waals surface area contributed by atoms with Gasteiger partial charge < -0.3 is 9.84 Å². The molecule has 34 heavy (non-hydrogen) atoms. The highest BCUT2D eigenvalue weighted by atomic mass is 19.4. The molecule has 1 fully saturated rings. The molecule has 1 atom stereocenters. The van der Waals surface area contributed by atoms with Crippen LogP contribution in [0.25, 0.3) is 11.1 Å². The number of hydrogen-bond donors (Lipinski definition) is 1. The number of carboxylic acid groups (broad SMARTS) is 1. The molecule has 0 saturated heterocycles. The monoisotopic (exact) mass is 476 g/mol. The maximum absolute atomic E-state index is 14.6. The van der Waals surface area contributed by atoms with Gasteiger partial charge in [-0.3, -0.25) is 9.58 Å². The second-order valence-corrected chi connectivity index (χ2v) is 8.53. The zero-order valence-electron chi connectivity index (χ0n) is 18.0. The quantitative estimate of drug-likeness (QED) is 0.464. The summed E-state index contributed by atoms with van der Waals surface area (Å²) in [6.07, 6.45) is 1.01. The van der Waals surface area contributed by atoms with E-state index in [2.05, 4.69) is 10.1 Å². The molecule has 1 amide bonds. The zero-order valence-corrected chi connectivity index (χ0v) is 18.0. The lowest BCUT2D eigenvalue weighted by Gasteiger charge is -2.34. The highest BCUT2D eigenvalue weighted by Gasteiger charge is 2.34. The van der Waals surface area contributed by atoms with Crippen LogP contribution in [-0.4, -0.2) is 32.0 Å². The maximum atomic E-state index is 14.6. The predicted octanol–water partition coefficient (Wildman–Crippen LogP) is 6.05. The summed E-state index contributed by atoms with van der Waals surface area (Å²) in [5.74, 6) is -1.75. The van der Waals surface area contributed by atoms with Gasteiger partial charge in [0.25, 0.3) is 5.88 Å². The number of anilines is 1. The van der Waals surface area contributed by atoms with Crippen molar-refractivity contribution < 1.29 is 32.2 Å². The Morgan fingerprint density at radius 3 is 2.62 bits per heavy atom. The second-order valence-electron chi connectivity index (χ2n) is 8.53. The fourth-order valence-electron chi connectivity index (χ4n) is 4.21. The fraction of sp³-hybridized carbons (Fsp3) is 0.348. The largest absolute Gasteiger partial charge is 0.465 e. The molecule has 3 heterocycles. The molecule has 5 rings (SSSR count). The van der Waals surface area contributed by atoms with Gasteiger partial charge in [-0.15, -0.1) is 0 Å². The van der Waals surface area contributed by atoms with Crippen molar-refractivity contribution in [2.75, 3.05) is 4.90 Å². The average molecular weight is 476 g/mol. The molecule has 0 spiro atoms. The summed E-state index contributed by atoms with van der Waals surface area (Å²) in [5, 5.41) is 14.1. The van der Waals surface area contributed by atoms with Crippen LogP contribution in [0.15, 0.2) is 36.8 Å². The van der Waals surface area contributed by atoms with Crippen LogP contribution in [0.2, 0.25) is 0 Å². The van der Waals surface area contributed by atoms with E-state index in [0.717, 1.165) is 12.8 Å². The Labute approximate surface area is 191 Å². The molecule has 1 N–H and O–H groups in total. The topological polar surface area (TPSA) is 80.5 Å². The number of fused-ring (bicyclic) bond motifs is 1. The molecule has 1 saturated carbocycles. The number of amides is 1. The number of pyridine rings is 1. The minimum Gasteiger partial charge on any atom is -0.465 e. The number of ether oxygens (including phenoxy) is 1. The molecule has 0 radical (unpaired) electrons. The number of aromatic nitrogens is 3. The lowest BCUT2D eigenvalue weighted by atomic mass is 9.92. The van der Waals surface area contributed by atoms with Crippen molar-refractivity contribution in [3.63, 3.8) is 0 Å². The minimum absolute atomic E-state index is 0.150. The molecule has 1 aromatic carbocycles. The Balaban J connectivity index is 1.63. The van der Waals surface area contributed by atoms with Gasteiger partial charge in [-0.25, -0.2) is 14.2 Å². The minimum atomic E-state index is -4.75. The molecule has 1 aliphatic heterocycles. The highest BCUT2D eigenvalue weighted by molar-refractivity contribution is 5.91. The molecule has 2 aliphatic rings. The first kappa shape index (κ1) is 22.2. The third-order valence-corrected chi connectivity index (χ3v) is 6.12. The number of rotatable bonds is 4. The summed E-state index contributed by atoms with van der Waals surface area (Å²) in [7, 11) is 0. The van der Waals surface area contributed by atoms with E-state index in [9.17, 15) is 27.5 Å². The summed E-state index contributed by atoms with van der Waals surface area (Å²) < 4.78 is 61.1. The van der Waals surface area contributed by atoms with Gasteiger partial charge in [0.15, 0.2) is 5.82 Å². The second kappa shape index (κ2) is 8.00. The Morgan fingerprint density at radius 2 is 1.97 bits per heavy atom. The number of benzene rings is 1. The van der Waals surface area contributed by atoms with Gasteiger partial charge in [-0.1, -0.05) is 0 Å². The van der Waals surface area contributed by atoms with Crippen LogP contribution < -0.4 is 9.64 Å². The first-order valence-electron chi connectivity index (χ1n) is 10.8. The number of carbonyl (C=O) groups is 1. The van der Waals surface area contributed by atoms with Crippen molar-refractivity contribution in [1.29, 1.82) is 0 Å². The van der Waals surface area contributed by atoms with E-state index in [0.29, 0.717) is 53.5 Å². The van der Waals surface area contributed by atoms with Crippen molar-refractivity contribution in [2.45, 2.75) is 50.9 Å². The summed E-state index contributed by atoms with van der Waals surface area (Å²) in [5.41, 5.74) is 0.846. The lowest BCUT2D eigenvalue weighted by molar-refractivity contribution is -0.138. The molecule has 11 heteroatoms. The Kier molecular flexibility index (Phi) is 5.22. The lowest BCUT2D eigenvalue weighted by Crippen LogP contribution is -2.41. The third kappa shape index (κ3) is 3.95. The van der Waals surface area contributed by atoms with Crippen LogP contribution in [0, 0.1) is 5.82 Å². The van der Waals surface area contributed by atoms with Gasteiger partial charge in [0.2, 0.25) is 0 Å². The van der Waals surface area contributed by atoms with E-state index in [1.54, 1.807) is 25.3 Å². The number of hydrogen-bond acceptors (Lipinski definition) is 4. The summed E-state index contributed by atoms with van der Waals surface area (Å²) in [4.78, 5) is 16.7. The van der Waals surface area contributed by atoms with Crippen LogP contribution in [0.3, 0.4) is 0 Å². The van der Waals surface area contributed by atoms with Gasteiger partial charge in [0.05, 0.1) is 23.5 Å². The number of alkyl halides is 3. The molecule has 7 nitrogen and oxygen atoms in total. The van der Waals surface area contributed by atoms with E-state index in [4.69, 9.17) is 4.74 Å². The highest BCUT2D eigenvalue weighted by Crippen LogP contribution is 2.45. The summed E-state index contributed by atoms with van der Waals surface area (Å²) in [6.45, 7) is 1.78. The molecule has 1 aliphatic carbocycles. The molecule has 2 aromatic heterocycles. The maximum Gasteiger partial charge on any atom is 0.417 e. The smallest absolute Gasteiger partial charge is 0.417 e. The van der Waals surface area contributed by atoms with Crippen molar-refractivity contribution >= 4 is 11.8 Å². The molecule has 178 valence electrons. The Hall–Kier alpha value is -3.63. The van der Waals surface area contributed by atoms with Crippen molar-refractivity contribution in [2.24, 2.45) is 0 Å². The van der Waals surface area contributed by atoms with E-state index < -0.39 is 29.5 Å². The molecule has 0 bridgehead atoms. The van der Waals surface area contributed by atoms with Crippen molar-refractivity contribution in [3.8, 4) is 22.8 Å². The van der Waals surface area contributed by atoms with Gasteiger partial charge in [0.1, 0.15) is 5.75 Å². The Morgan fingerprint density at radius 1 is 1.21 bits per heavy atom. The van der Waals surface area contributed by atoms with Gasteiger partial charge in [0, 0.05) is 35.1 Å². The van der Waals surface area contributed by atoms with Gasteiger partial charge in [-0.2, -0.15) is 18.3 Å². The van der Waals surface area contributed by atoms with Crippen LogP contribution in [0.5, 0.6) is 11.6 Å². The van der Waals surface area contributed by atoms with E-state index >= 15 is 0 Å². The molecular formula is C23H20F4N4O3. The first-order valence-corrected chi connectivity index (χ1v) is 10.8. The van der Waals surface area contributed by atoms with Crippen LogP contribution >= 0.6 is 0 Å². The van der Waals surface area contributed by atoms with Gasteiger partial charge >= 0.3 is 12.3 Å². The first-order chi connectivity index (χ1) is 16.1. The summed E-state index contributed by atoms with van der Waals surface area (Å²) in [6, 6.07) is 3.66. The predicted molar refractivity (Wildman–Crippen MR) is 113 cm³/mol. The van der Waals surface area contributed by atoms with E-state index in [-0.39, 0.29) is 11.8 Å². The number of nitrogens with zero attached hydrogens (tertiary/aromatic N) is 4. The van der Waals surface area contributed by atoms with E-state index in [1.807, 2.05) is 10.9 Å². The van der Waals surface area contributed by atoms with Crippen LogP contribution in [0.4, 0.5) is 28.0 Å². The van der Waals surface area contributed by atoms with Crippen molar-refractivity contribution in [1.82, 2.24) is 14.8 Å².